The van der Waals surface area contributed by atoms with Crippen LogP contribution in [0.2, 0.25) is 0 Å². The maximum atomic E-state index is 9.25. The van der Waals surface area contributed by atoms with E-state index in [2.05, 4.69) is 0 Å². The van der Waals surface area contributed by atoms with Crippen LogP contribution in [0.1, 0.15) is 16.4 Å². The molecule has 3 heteroatoms. The van der Waals surface area contributed by atoms with Crippen LogP contribution in [-0.2, 0) is 0 Å². The van der Waals surface area contributed by atoms with Crippen LogP contribution in [0.4, 0.5) is 0 Å². The van der Waals surface area contributed by atoms with Crippen LogP contribution in [0.25, 0.3) is 88.7 Å². The average Bonchev–Trinajstić information content (AvgIpc) is 3.27. The normalized spacial score (nSPS) is 14.8. The summed E-state index contributed by atoms with van der Waals surface area (Å²) < 4.78 is 103. The minimum Gasteiger partial charge on any atom is -0.208 e. The SMILES string of the molecule is [2H]c1c([2H])c([2H])c(-c2cc(-c3cccc(-c4nc(-c5ccc6ccccc6c5)nc(-c5c([2H])c([2H])c6c([2H])c([2H])c([2H])c([2H])c6c5[2H])n4)c3)c3ccccc3c2)c([2H])c1[2H]. The van der Waals surface area contributed by atoms with Gasteiger partial charge in [-0.05, 0) is 84.9 Å². The predicted octanol–water partition coefficient (Wildman–Crippen LogP) is 11.7. The maximum Gasteiger partial charge on any atom is 0.164 e. The van der Waals surface area contributed by atoms with E-state index in [0.29, 0.717) is 27.8 Å². The van der Waals surface area contributed by atoms with Crippen molar-refractivity contribution in [1.29, 1.82) is 0 Å². The van der Waals surface area contributed by atoms with Crippen molar-refractivity contribution in [2.75, 3.05) is 0 Å². The van der Waals surface area contributed by atoms with Crippen molar-refractivity contribution in [3.63, 3.8) is 0 Å². The van der Waals surface area contributed by atoms with Gasteiger partial charge in [0.1, 0.15) is 0 Å². The van der Waals surface area contributed by atoms with Crippen molar-refractivity contribution >= 4 is 32.3 Å². The summed E-state index contributed by atoms with van der Waals surface area (Å²) in [6.45, 7) is 0. The van der Waals surface area contributed by atoms with Gasteiger partial charge in [0, 0.05) is 16.7 Å². The molecule has 1 heterocycles. The Hall–Kier alpha value is -6.45. The first-order valence-corrected chi connectivity index (χ1v) is 15.2. The van der Waals surface area contributed by atoms with Crippen molar-refractivity contribution in [3.05, 3.63) is 176 Å². The molecule has 3 nitrogen and oxygen atoms in total. The summed E-state index contributed by atoms with van der Waals surface area (Å²) in [5.74, 6) is 0.205. The highest BCUT2D eigenvalue weighted by Gasteiger charge is 2.15. The van der Waals surface area contributed by atoms with E-state index in [1.165, 1.54) is 0 Å². The Kier molecular flexibility index (Phi) is 4.41. The molecule has 48 heavy (non-hydrogen) atoms. The van der Waals surface area contributed by atoms with E-state index < -0.39 is 60.4 Å². The fourth-order valence-electron chi connectivity index (χ4n) is 5.88. The Morgan fingerprint density at radius 2 is 1.00 bits per heavy atom. The minimum absolute atomic E-state index is 0.0673. The number of benzene rings is 8. The van der Waals surface area contributed by atoms with Crippen LogP contribution in [-0.4, -0.2) is 15.0 Å². The number of hydrogen-bond acceptors (Lipinski definition) is 3. The van der Waals surface area contributed by atoms with E-state index in [9.17, 15) is 1.37 Å². The summed E-state index contributed by atoms with van der Waals surface area (Å²) in [4.78, 5) is 14.4. The quantitative estimate of drug-likeness (QED) is 0.191. The largest absolute Gasteiger partial charge is 0.208 e. The second-order valence-electron chi connectivity index (χ2n) is 11.2. The van der Waals surface area contributed by atoms with Gasteiger partial charge in [-0.2, -0.15) is 0 Å². The van der Waals surface area contributed by atoms with Gasteiger partial charge in [-0.25, -0.2) is 15.0 Å². The molecule has 0 aliphatic rings. The third kappa shape index (κ3) is 5.18. The highest BCUT2D eigenvalue weighted by molar-refractivity contribution is 6.00. The molecule has 9 aromatic rings. The first-order valence-electron chi connectivity index (χ1n) is 21.2. The summed E-state index contributed by atoms with van der Waals surface area (Å²) in [6.07, 6.45) is 0. The molecule has 9 rings (SSSR count). The fourth-order valence-corrected chi connectivity index (χ4v) is 5.88. The summed E-state index contributed by atoms with van der Waals surface area (Å²) in [5.41, 5.74) is 2.78. The summed E-state index contributed by atoms with van der Waals surface area (Å²) in [6, 6.07) is 26.3. The predicted molar refractivity (Wildman–Crippen MR) is 200 cm³/mol. The Labute approximate surface area is 295 Å². The molecule has 8 aromatic carbocycles. The van der Waals surface area contributed by atoms with Crippen molar-refractivity contribution in [2.45, 2.75) is 0 Å². The van der Waals surface area contributed by atoms with Gasteiger partial charge in [-0.1, -0.05) is 145 Å². The Bertz CT molecular complexity index is 3290. The highest BCUT2D eigenvalue weighted by atomic mass is 15.0. The number of rotatable bonds is 5. The molecule has 1 aromatic heterocycles. The lowest BCUT2D eigenvalue weighted by atomic mass is 9.92. The first-order chi connectivity index (χ1) is 28.7. The maximum absolute atomic E-state index is 9.25. The smallest absolute Gasteiger partial charge is 0.164 e. The van der Waals surface area contributed by atoms with Gasteiger partial charge in [0.25, 0.3) is 0 Å². The molecular weight excluding hydrogens is 583 g/mol. The Morgan fingerprint density at radius 3 is 1.83 bits per heavy atom. The topological polar surface area (TPSA) is 38.7 Å². The van der Waals surface area contributed by atoms with Gasteiger partial charge in [0.05, 0.1) is 16.4 Å². The van der Waals surface area contributed by atoms with E-state index in [0.717, 1.165) is 21.5 Å². The van der Waals surface area contributed by atoms with Crippen LogP contribution in [0.3, 0.4) is 0 Å². The molecule has 224 valence electrons. The summed E-state index contributed by atoms with van der Waals surface area (Å²) in [5, 5.41) is 3.03. The van der Waals surface area contributed by atoms with Crippen molar-refractivity contribution in [1.82, 2.24) is 15.0 Å². The van der Waals surface area contributed by atoms with Crippen molar-refractivity contribution < 1.29 is 16.4 Å². The minimum atomic E-state index is -0.572. The lowest BCUT2D eigenvalue weighted by Crippen LogP contribution is -2.00. The van der Waals surface area contributed by atoms with E-state index in [1.54, 1.807) is 24.3 Å². The van der Waals surface area contributed by atoms with Crippen LogP contribution < -0.4 is 0 Å². The zero-order valence-corrected chi connectivity index (χ0v) is 25.2. The molecule has 0 N–H and O–H groups in total. The molecule has 0 radical (unpaired) electrons. The molecule has 0 spiro atoms. The second-order valence-corrected chi connectivity index (χ2v) is 11.2. The number of aromatic nitrogens is 3. The average molecular weight is 624 g/mol. The molecule has 0 aliphatic heterocycles. The Morgan fingerprint density at radius 1 is 0.354 bits per heavy atom. The monoisotopic (exact) mass is 623 g/mol. The van der Waals surface area contributed by atoms with E-state index in [4.69, 9.17) is 30.0 Å². The molecule has 0 fully saturated rings. The zero-order valence-electron chi connectivity index (χ0n) is 37.2. The second kappa shape index (κ2) is 11.7. The zero-order chi connectivity index (χ0) is 42.3. The molecule has 0 atom stereocenters. The van der Waals surface area contributed by atoms with Crippen LogP contribution in [0.15, 0.2) is 176 Å². The van der Waals surface area contributed by atoms with E-state index >= 15 is 0 Å². The van der Waals surface area contributed by atoms with Crippen molar-refractivity contribution in [3.8, 4) is 56.4 Å². The standard InChI is InChI=1S/C45H29N3/c1-2-11-30(12-3-1)40-28-35-17-8-9-20-41(35)42(29-40)36-18-10-19-37(27-36)43-46-44(38-23-21-31-13-4-6-15-33(31)25-38)48-45(47-43)39-24-22-32-14-5-7-16-34(32)26-39/h1-29H/i1D,2D,3D,4D,6D,11D,12D,13D,15D,21D,23D,25D. The molecule has 0 unspecified atom stereocenters. The number of fused-ring (bicyclic) bond motifs is 3. The molecule has 0 saturated heterocycles. The molecular formula is C45H29N3. The lowest BCUT2D eigenvalue weighted by molar-refractivity contribution is 1.08. The van der Waals surface area contributed by atoms with E-state index in [-0.39, 0.29) is 51.5 Å². The summed E-state index contributed by atoms with van der Waals surface area (Å²) in [7, 11) is 0. The summed E-state index contributed by atoms with van der Waals surface area (Å²) >= 11 is 0. The van der Waals surface area contributed by atoms with Crippen LogP contribution in [0, 0.1) is 0 Å². The van der Waals surface area contributed by atoms with Crippen molar-refractivity contribution in [2.24, 2.45) is 0 Å². The van der Waals surface area contributed by atoms with Gasteiger partial charge < -0.3 is 0 Å². The molecule has 0 aliphatic carbocycles. The Balaban J connectivity index is 1.29. The lowest BCUT2D eigenvalue weighted by Gasteiger charge is -2.13. The molecule has 0 saturated carbocycles. The molecule has 0 amide bonds. The number of hydrogen-bond donors (Lipinski definition) is 0. The third-order valence-electron chi connectivity index (χ3n) is 8.20. The van der Waals surface area contributed by atoms with Gasteiger partial charge in [0.2, 0.25) is 0 Å². The fraction of sp³-hybridized carbons (Fsp3) is 0. The first kappa shape index (κ1) is 18.0. The van der Waals surface area contributed by atoms with Crippen LogP contribution >= 0.6 is 0 Å². The van der Waals surface area contributed by atoms with Gasteiger partial charge in [0.15, 0.2) is 17.5 Å². The van der Waals surface area contributed by atoms with Crippen LogP contribution in [0.5, 0.6) is 0 Å². The number of nitrogens with zero attached hydrogens (tertiary/aromatic N) is 3. The third-order valence-corrected chi connectivity index (χ3v) is 8.20. The van der Waals surface area contributed by atoms with E-state index in [1.807, 2.05) is 78.9 Å². The molecule has 0 bridgehead atoms. The van der Waals surface area contributed by atoms with Gasteiger partial charge in [-0.3, -0.25) is 0 Å². The van der Waals surface area contributed by atoms with Gasteiger partial charge in [-0.15, -0.1) is 0 Å². The highest BCUT2D eigenvalue weighted by Crippen LogP contribution is 2.36. The van der Waals surface area contributed by atoms with Gasteiger partial charge >= 0.3 is 0 Å².